The third-order valence-corrected chi connectivity index (χ3v) is 4.36. The molecule has 0 saturated carbocycles. The minimum Gasteiger partial charge on any atom is -0.481 e. The Bertz CT molecular complexity index is 654. The Kier molecular flexibility index (Phi) is 6.50. The number of carboxylic acid groups (broad SMARTS) is 1. The van der Waals surface area contributed by atoms with E-state index in [2.05, 4.69) is 0 Å². The summed E-state index contributed by atoms with van der Waals surface area (Å²) < 4.78 is 14.2. The zero-order valence-electron chi connectivity index (χ0n) is 14.3. The normalized spacial score (nSPS) is 14.5. The maximum absolute atomic E-state index is 14.2. The molecule has 1 amide bonds. The van der Waals surface area contributed by atoms with Gasteiger partial charge in [-0.3, -0.25) is 14.4 Å². The van der Waals surface area contributed by atoms with Crippen LogP contribution in [0.5, 0.6) is 0 Å². The van der Waals surface area contributed by atoms with E-state index in [-0.39, 0.29) is 18.1 Å². The van der Waals surface area contributed by atoms with Crippen molar-refractivity contribution in [2.24, 2.45) is 0 Å². The van der Waals surface area contributed by atoms with E-state index in [0.717, 1.165) is 0 Å². The smallest absolute Gasteiger partial charge is 0.303 e. The van der Waals surface area contributed by atoms with Crippen molar-refractivity contribution in [3.63, 3.8) is 0 Å². The molecule has 1 N–H and O–H groups in total. The average molecular weight is 350 g/mol. The van der Waals surface area contributed by atoms with Crippen molar-refractivity contribution in [1.82, 2.24) is 4.90 Å². The van der Waals surface area contributed by atoms with E-state index in [9.17, 15) is 18.8 Å². The quantitative estimate of drug-likeness (QED) is 0.603. The van der Waals surface area contributed by atoms with Gasteiger partial charge in [-0.1, -0.05) is 0 Å². The number of hydrogen-bond acceptors (Lipinski definition) is 4. The summed E-state index contributed by atoms with van der Waals surface area (Å²) in [4.78, 5) is 37.5. The van der Waals surface area contributed by atoms with Gasteiger partial charge in [0.25, 0.3) is 0 Å². The summed E-state index contributed by atoms with van der Waals surface area (Å²) in [5, 5.41) is 8.58. The van der Waals surface area contributed by atoms with Crippen LogP contribution in [0.25, 0.3) is 0 Å². The lowest BCUT2D eigenvalue weighted by atomic mass is 10.1. The number of aliphatic carboxylic acids is 1. The van der Waals surface area contributed by atoms with Gasteiger partial charge in [0.15, 0.2) is 5.78 Å². The van der Waals surface area contributed by atoms with Crippen LogP contribution in [0.2, 0.25) is 0 Å². The molecule has 25 heavy (non-hydrogen) atoms. The van der Waals surface area contributed by atoms with Gasteiger partial charge in [0, 0.05) is 44.6 Å². The van der Waals surface area contributed by atoms with Crippen molar-refractivity contribution < 1.29 is 23.9 Å². The first-order valence-electron chi connectivity index (χ1n) is 8.43. The number of benzene rings is 1. The van der Waals surface area contributed by atoms with Gasteiger partial charge in [-0.15, -0.1) is 0 Å². The molecule has 1 aliphatic heterocycles. The molecule has 7 heteroatoms. The Balaban J connectivity index is 1.84. The van der Waals surface area contributed by atoms with E-state index in [1.54, 1.807) is 17.0 Å². The van der Waals surface area contributed by atoms with Gasteiger partial charge >= 0.3 is 5.97 Å². The summed E-state index contributed by atoms with van der Waals surface area (Å²) in [5.41, 5.74) is 0.787. The van der Waals surface area contributed by atoms with Crippen molar-refractivity contribution >= 4 is 23.3 Å². The summed E-state index contributed by atoms with van der Waals surface area (Å²) in [5.74, 6) is -1.44. The Morgan fingerprint density at radius 2 is 1.72 bits per heavy atom. The molecular weight excluding hydrogens is 327 g/mol. The molecule has 136 valence electrons. The predicted molar refractivity (Wildman–Crippen MR) is 91.3 cm³/mol. The minimum atomic E-state index is -0.848. The number of unbranched alkanes of at least 4 members (excludes halogenated alkanes) is 1. The number of piperazine rings is 1. The third-order valence-electron chi connectivity index (χ3n) is 4.36. The molecule has 1 aliphatic rings. The second-order valence-corrected chi connectivity index (χ2v) is 6.19. The van der Waals surface area contributed by atoms with Crippen molar-refractivity contribution in [3.05, 3.63) is 29.6 Å². The van der Waals surface area contributed by atoms with Crippen LogP contribution in [-0.4, -0.2) is 53.8 Å². The molecule has 1 aromatic carbocycles. The Morgan fingerprint density at radius 1 is 1.08 bits per heavy atom. The molecule has 6 nitrogen and oxygen atoms in total. The van der Waals surface area contributed by atoms with Crippen LogP contribution in [0.1, 0.15) is 43.0 Å². The fourth-order valence-electron chi connectivity index (χ4n) is 2.89. The summed E-state index contributed by atoms with van der Waals surface area (Å²) in [6.07, 6.45) is 1.48. The number of hydrogen-bond donors (Lipinski definition) is 1. The molecule has 1 aromatic rings. The highest BCUT2D eigenvalue weighted by Gasteiger charge is 2.22. The number of carboxylic acids is 1. The molecule has 0 bridgehead atoms. The van der Waals surface area contributed by atoms with Gasteiger partial charge in [0.05, 0.1) is 5.69 Å². The summed E-state index contributed by atoms with van der Waals surface area (Å²) >= 11 is 0. The third kappa shape index (κ3) is 5.27. The first-order chi connectivity index (χ1) is 11.9. The van der Waals surface area contributed by atoms with Gasteiger partial charge in [-0.25, -0.2) is 4.39 Å². The number of Topliss-reactive ketones (excluding diaryl/α,β-unsaturated/α-hetero) is 1. The molecule has 1 heterocycles. The van der Waals surface area contributed by atoms with Crippen molar-refractivity contribution in [1.29, 1.82) is 0 Å². The fourth-order valence-corrected chi connectivity index (χ4v) is 2.89. The number of nitrogens with zero attached hydrogens (tertiary/aromatic N) is 2. The van der Waals surface area contributed by atoms with E-state index in [4.69, 9.17) is 5.11 Å². The van der Waals surface area contributed by atoms with Gasteiger partial charge in [0.1, 0.15) is 5.82 Å². The zero-order valence-corrected chi connectivity index (χ0v) is 14.3. The number of anilines is 1. The van der Waals surface area contributed by atoms with Crippen LogP contribution in [0.4, 0.5) is 10.1 Å². The molecule has 0 radical (unpaired) electrons. The number of ketones is 1. The number of carbonyl (C=O) groups excluding carboxylic acids is 2. The Morgan fingerprint density at radius 3 is 2.28 bits per heavy atom. The predicted octanol–water partition coefficient (Wildman–Crippen LogP) is 2.32. The standard InChI is InChI=1S/C18H23FN2O4/c1-13(22)14-6-7-16(15(19)12-14)20-8-10-21(11-9-20)17(23)4-2-3-5-18(24)25/h6-7,12H,2-5,8-11H2,1H3,(H,24,25). The van der Waals surface area contributed by atoms with E-state index < -0.39 is 11.8 Å². The molecule has 1 saturated heterocycles. The molecule has 0 unspecified atom stereocenters. The van der Waals surface area contributed by atoms with Crippen LogP contribution in [0.15, 0.2) is 18.2 Å². The SMILES string of the molecule is CC(=O)c1ccc(N2CCN(C(=O)CCCCC(=O)O)CC2)c(F)c1. The first-order valence-corrected chi connectivity index (χ1v) is 8.43. The highest BCUT2D eigenvalue weighted by atomic mass is 19.1. The lowest BCUT2D eigenvalue weighted by Crippen LogP contribution is -2.49. The summed E-state index contributed by atoms with van der Waals surface area (Å²) in [6.45, 7) is 3.46. The molecule has 0 spiro atoms. The molecule has 0 aliphatic carbocycles. The lowest BCUT2D eigenvalue weighted by molar-refractivity contribution is -0.137. The maximum atomic E-state index is 14.2. The number of rotatable bonds is 7. The zero-order chi connectivity index (χ0) is 18.4. The topological polar surface area (TPSA) is 77.9 Å². The van der Waals surface area contributed by atoms with Gasteiger partial charge in [-0.05, 0) is 38.0 Å². The van der Waals surface area contributed by atoms with E-state index >= 15 is 0 Å². The second-order valence-electron chi connectivity index (χ2n) is 6.19. The monoisotopic (exact) mass is 350 g/mol. The molecule has 0 aromatic heterocycles. The van der Waals surface area contributed by atoms with Crippen LogP contribution in [-0.2, 0) is 9.59 Å². The molecule has 1 fully saturated rings. The first kappa shape index (κ1) is 18.9. The molecule has 0 atom stereocenters. The van der Waals surface area contributed by atoms with Gasteiger partial charge < -0.3 is 14.9 Å². The minimum absolute atomic E-state index is 0.0115. The van der Waals surface area contributed by atoms with E-state index in [1.807, 2.05) is 4.90 Å². The summed E-state index contributed by atoms with van der Waals surface area (Å²) in [6, 6.07) is 4.47. The van der Waals surface area contributed by atoms with Crippen LogP contribution >= 0.6 is 0 Å². The van der Waals surface area contributed by atoms with E-state index in [0.29, 0.717) is 56.7 Å². The van der Waals surface area contributed by atoms with Crippen molar-refractivity contribution in [2.45, 2.75) is 32.6 Å². The van der Waals surface area contributed by atoms with Crippen molar-refractivity contribution in [3.8, 4) is 0 Å². The average Bonchev–Trinajstić information content (AvgIpc) is 2.58. The van der Waals surface area contributed by atoms with E-state index in [1.165, 1.54) is 13.0 Å². The van der Waals surface area contributed by atoms with Gasteiger partial charge in [-0.2, -0.15) is 0 Å². The largest absolute Gasteiger partial charge is 0.481 e. The van der Waals surface area contributed by atoms with Crippen LogP contribution < -0.4 is 4.90 Å². The number of amides is 1. The highest BCUT2D eigenvalue weighted by molar-refractivity contribution is 5.94. The molecule has 2 rings (SSSR count). The molecular formula is C18H23FN2O4. The number of halogens is 1. The van der Waals surface area contributed by atoms with Crippen LogP contribution in [0.3, 0.4) is 0 Å². The number of carbonyl (C=O) groups is 3. The van der Waals surface area contributed by atoms with Gasteiger partial charge in [0.2, 0.25) is 5.91 Å². The lowest BCUT2D eigenvalue weighted by Gasteiger charge is -2.36. The highest BCUT2D eigenvalue weighted by Crippen LogP contribution is 2.22. The Hall–Kier alpha value is -2.44. The van der Waals surface area contributed by atoms with Crippen LogP contribution in [0, 0.1) is 5.82 Å². The maximum Gasteiger partial charge on any atom is 0.303 e. The Labute approximate surface area is 146 Å². The summed E-state index contributed by atoms with van der Waals surface area (Å²) in [7, 11) is 0. The second kappa shape index (κ2) is 8.60. The van der Waals surface area contributed by atoms with Crippen molar-refractivity contribution in [2.75, 3.05) is 31.1 Å². The fraction of sp³-hybridized carbons (Fsp3) is 0.500.